The van der Waals surface area contributed by atoms with Crippen molar-refractivity contribution in [3.05, 3.63) is 12.2 Å². The summed E-state index contributed by atoms with van der Waals surface area (Å²) in [7, 11) is 1.87. The Kier molecular flexibility index (Phi) is 4.23. The number of aliphatic hydroxyl groups excluding tert-OH is 1. The first kappa shape index (κ1) is 11.9. The molecule has 1 saturated heterocycles. The van der Waals surface area contributed by atoms with E-state index < -0.39 is 0 Å². The highest BCUT2D eigenvalue weighted by Crippen LogP contribution is 2.26. The number of hydrogen-bond donors (Lipinski definition) is 1. The second-order valence-corrected chi connectivity index (χ2v) is 5.67. The summed E-state index contributed by atoms with van der Waals surface area (Å²) >= 11 is 2.03. The summed E-state index contributed by atoms with van der Waals surface area (Å²) in [4.78, 5) is 4.14. The molecular formula is C11H19N3OS. The van der Waals surface area contributed by atoms with Gasteiger partial charge in [-0.3, -0.25) is 4.68 Å². The maximum absolute atomic E-state index is 10.0. The molecule has 1 atom stereocenters. The van der Waals surface area contributed by atoms with E-state index >= 15 is 0 Å². The summed E-state index contributed by atoms with van der Waals surface area (Å²) in [5.74, 6) is 4.07. The number of rotatable bonds is 4. The van der Waals surface area contributed by atoms with E-state index in [9.17, 15) is 5.11 Å². The normalized spacial score (nSPS) is 19.9. The van der Waals surface area contributed by atoms with Crippen LogP contribution >= 0.6 is 11.8 Å². The summed E-state index contributed by atoms with van der Waals surface area (Å²) in [6.45, 7) is 0. The summed E-state index contributed by atoms with van der Waals surface area (Å²) in [6.07, 6.45) is 5.31. The summed E-state index contributed by atoms with van der Waals surface area (Å²) < 4.78 is 1.74. The standard InChI is InChI=1S/C11H19N3OS/c1-14-11(12-8-13-14)7-10(15)6-9-2-4-16-5-3-9/h8-10,15H,2-7H2,1H3. The molecule has 0 aliphatic carbocycles. The fourth-order valence-electron chi connectivity index (χ4n) is 2.17. The first-order valence-corrected chi connectivity index (χ1v) is 7.00. The van der Waals surface area contributed by atoms with Gasteiger partial charge in [-0.1, -0.05) is 0 Å². The van der Waals surface area contributed by atoms with Crippen LogP contribution < -0.4 is 0 Å². The Morgan fingerprint density at radius 3 is 2.94 bits per heavy atom. The van der Waals surface area contributed by atoms with Gasteiger partial charge in [0.25, 0.3) is 0 Å². The first-order valence-electron chi connectivity index (χ1n) is 5.84. The van der Waals surface area contributed by atoms with Crippen molar-refractivity contribution < 1.29 is 5.11 Å². The fraction of sp³-hybridized carbons (Fsp3) is 0.818. The molecule has 4 nitrogen and oxygen atoms in total. The van der Waals surface area contributed by atoms with Gasteiger partial charge in [0.05, 0.1) is 6.10 Å². The van der Waals surface area contributed by atoms with E-state index in [4.69, 9.17) is 0 Å². The lowest BCUT2D eigenvalue weighted by atomic mass is 9.94. The molecule has 16 heavy (non-hydrogen) atoms. The number of aliphatic hydroxyl groups is 1. The lowest BCUT2D eigenvalue weighted by molar-refractivity contribution is 0.136. The third kappa shape index (κ3) is 3.22. The van der Waals surface area contributed by atoms with Crippen LogP contribution in [0.3, 0.4) is 0 Å². The van der Waals surface area contributed by atoms with E-state index in [-0.39, 0.29) is 6.10 Å². The molecular weight excluding hydrogens is 222 g/mol. The summed E-state index contributed by atoms with van der Waals surface area (Å²) in [6, 6.07) is 0. The number of thioether (sulfide) groups is 1. The number of aromatic nitrogens is 3. The lowest BCUT2D eigenvalue weighted by Crippen LogP contribution is -2.21. The Morgan fingerprint density at radius 2 is 2.31 bits per heavy atom. The minimum atomic E-state index is -0.268. The smallest absolute Gasteiger partial charge is 0.138 e. The highest BCUT2D eigenvalue weighted by Gasteiger charge is 2.19. The van der Waals surface area contributed by atoms with Gasteiger partial charge in [-0.05, 0) is 36.7 Å². The molecule has 0 saturated carbocycles. The molecule has 0 amide bonds. The van der Waals surface area contributed by atoms with Crippen LogP contribution in [0.15, 0.2) is 6.33 Å². The Morgan fingerprint density at radius 1 is 1.56 bits per heavy atom. The molecule has 1 aromatic heterocycles. The van der Waals surface area contributed by atoms with E-state index in [1.165, 1.54) is 24.3 Å². The third-order valence-corrected chi connectivity index (χ3v) is 4.22. The molecule has 0 bridgehead atoms. The zero-order chi connectivity index (χ0) is 11.4. The topological polar surface area (TPSA) is 50.9 Å². The van der Waals surface area contributed by atoms with E-state index in [1.807, 2.05) is 18.8 Å². The van der Waals surface area contributed by atoms with Gasteiger partial charge in [-0.25, -0.2) is 4.98 Å². The van der Waals surface area contributed by atoms with Crippen LogP contribution in [0.5, 0.6) is 0 Å². The van der Waals surface area contributed by atoms with Gasteiger partial charge in [0.1, 0.15) is 12.2 Å². The number of hydrogen-bond acceptors (Lipinski definition) is 4. The van der Waals surface area contributed by atoms with Crippen molar-refractivity contribution >= 4 is 11.8 Å². The van der Waals surface area contributed by atoms with Crippen LogP contribution in [-0.4, -0.2) is 37.5 Å². The molecule has 0 aromatic carbocycles. The molecule has 2 heterocycles. The molecule has 1 aromatic rings. The van der Waals surface area contributed by atoms with Gasteiger partial charge in [-0.15, -0.1) is 0 Å². The molecule has 1 N–H and O–H groups in total. The predicted octanol–water partition coefficient (Wildman–Crippen LogP) is 1.25. The SMILES string of the molecule is Cn1ncnc1CC(O)CC1CCSCC1. The highest BCUT2D eigenvalue weighted by molar-refractivity contribution is 7.99. The monoisotopic (exact) mass is 241 g/mol. The second kappa shape index (κ2) is 5.68. The zero-order valence-electron chi connectivity index (χ0n) is 9.67. The summed E-state index contributed by atoms with van der Waals surface area (Å²) in [5.41, 5.74) is 0. The van der Waals surface area contributed by atoms with Crippen molar-refractivity contribution in [2.45, 2.75) is 31.8 Å². The molecule has 90 valence electrons. The van der Waals surface area contributed by atoms with Crippen molar-refractivity contribution in [3.63, 3.8) is 0 Å². The predicted molar refractivity (Wildman–Crippen MR) is 65.4 cm³/mol. The maximum Gasteiger partial charge on any atom is 0.138 e. The van der Waals surface area contributed by atoms with Crippen molar-refractivity contribution in [1.82, 2.24) is 14.8 Å². The van der Waals surface area contributed by atoms with Crippen LogP contribution in [0.25, 0.3) is 0 Å². The zero-order valence-corrected chi connectivity index (χ0v) is 10.5. The van der Waals surface area contributed by atoms with E-state index in [2.05, 4.69) is 10.1 Å². The van der Waals surface area contributed by atoms with Gasteiger partial charge in [-0.2, -0.15) is 16.9 Å². The average Bonchev–Trinajstić information content (AvgIpc) is 2.66. The van der Waals surface area contributed by atoms with Crippen LogP contribution in [0.4, 0.5) is 0 Å². The van der Waals surface area contributed by atoms with E-state index in [0.29, 0.717) is 12.3 Å². The quantitative estimate of drug-likeness (QED) is 0.862. The van der Waals surface area contributed by atoms with Crippen molar-refractivity contribution in [1.29, 1.82) is 0 Å². The molecule has 1 fully saturated rings. The minimum Gasteiger partial charge on any atom is -0.393 e. The minimum absolute atomic E-state index is 0.268. The molecule has 0 radical (unpaired) electrons. The molecule has 1 unspecified atom stereocenters. The average molecular weight is 241 g/mol. The second-order valence-electron chi connectivity index (χ2n) is 4.45. The van der Waals surface area contributed by atoms with Gasteiger partial charge in [0.15, 0.2) is 0 Å². The van der Waals surface area contributed by atoms with Crippen LogP contribution in [0.2, 0.25) is 0 Å². The van der Waals surface area contributed by atoms with Gasteiger partial charge >= 0.3 is 0 Å². The highest BCUT2D eigenvalue weighted by atomic mass is 32.2. The van der Waals surface area contributed by atoms with Crippen molar-refractivity contribution in [2.75, 3.05) is 11.5 Å². The molecule has 2 rings (SSSR count). The Hall–Kier alpha value is -0.550. The molecule has 1 aliphatic rings. The van der Waals surface area contributed by atoms with Crippen molar-refractivity contribution in [2.24, 2.45) is 13.0 Å². The summed E-state index contributed by atoms with van der Waals surface area (Å²) in [5, 5.41) is 14.0. The van der Waals surface area contributed by atoms with Gasteiger partial charge in [0, 0.05) is 13.5 Å². The molecule has 0 spiro atoms. The fourth-order valence-corrected chi connectivity index (χ4v) is 3.37. The molecule has 5 heteroatoms. The molecule has 1 aliphatic heterocycles. The van der Waals surface area contributed by atoms with Crippen molar-refractivity contribution in [3.8, 4) is 0 Å². The Balaban J connectivity index is 1.79. The van der Waals surface area contributed by atoms with Gasteiger partial charge in [0.2, 0.25) is 0 Å². The van der Waals surface area contributed by atoms with E-state index in [0.717, 1.165) is 12.2 Å². The Bertz CT molecular complexity index is 323. The Labute approximate surface area is 100 Å². The number of nitrogens with zero attached hydrogens (tertiary/aromatic N) is 3. The third-order valence-electron chi connectivity index (χ3n) is 3.17. The van der Waals surface area contributed by atoms with E-state index in [1.54, 1.807) is 11.0 Å². The lowest BCUT2D eigenvalue weighted by Gasteiger charge is -2.23. The maximum atomic E-state index is 10.0. The number of aryl methyl sites for hydroxylation is 1. The van der Waals surface area contributed by atoms with Crippen LogP contribution in [-0.2, 0) is 13.5 Å². The van der Waals surface area contributed by atoms with Crippen LogP contribution in [0.1, 0.15) is 25.1 Å². The van der Waals surface area contributed by atoms with Gasteiger partial charge < -0.3 is 5.11 Å². The first-order chi connectivity index (χ1) is 7.75. The van der Waals surface area contributed by atoms with Crippen LogP contribution in [0, 0.1) is 5.92 Å². The largest absolute Gasteiger partial charge is 0.393 e.